The molecule has 3 rings (SSSR count). The summed E-state index contributed by atoms with van der Waals surface area (Å²) >= 11 is 1.78. The first kappa shape index (κ1) is 12.2. The summed E-state index contributed by atoms with van der Waals surface area (Å²) in [4.78, 5) is 20.0. The number of carbonyl (C=O) groups is 1. The van der Waals surface area contributed by atoms with Crippen molar-refractivity contribution < 1.29 is 4.79 Å². The second-order valence-electron chi connectivity index (χ2n) is 4.50. The maximum Gasteiger partial charge on any atom is 0.272 e. The van der Waals surface area contributed by atoms with Crippen molar-refractivity contribution in [1.82, 2.24) is 9.88 Å². The molecule has 1 amide bonds. The lowest BCUT2D eigenvalue weighted by Crippen LogP contribution is -2.35. The molecule has 5 heteroatoms. The fraction of sp³-hybridized carbons (Fsp3) is 0.286. The first-order valence-corrected chi connectivity index (χ1v) is 7.15. The van der Waals surface area contributed by atoms with Crippen molar-refractivity contribution in [2.45, 2.75) is 13.0 Å². The molecule has 0 radical (unpaired) electrons. The van der Waals surface area contributed by atoms with Gasteiger partial charge in [0, 0.05) is 25.0 Å². The van der Waals surface area contributed by atoms with Gasteiger partial charge in [-0.1, -0.05) is 6.07 Å². The maximum atomic E-state index is 12.4. The van der Waals surface area contributed by atoms with Crippen molar-refractivity contribution in [3.63, 3.8) is 0 Å². The van der Waals surface area contributed by atoms with Crippen LogP contribution in [-0.2, 0) is 13.0 Å². The summed E-state index contributed by atoms with van der Waals surface area (Å²) in [6.45, 7) is 1.47. The number of rotatable bonds is 2. The molecule has 0 spiro atoms. The molecule has 1 aliphatic rings. The molecule has 0 aromatic carbocycles. The molecule has 2 aromatic heterocycles. The van der Waals surface area contributed by atoms with E-state index >= 15 is 0 Å². The Labute approximate surface area is 116 Å². The Balaban J connectivity index is 1.81. The SMILES string of the molecule is CNc1cccc(C(=O)N2CCc3sccc3C2)n1. The number of amides is 1. The number of nitrogens with one attached hydrogen (secondary N) is 1. The van der Waals surface area contributed by atoms with Crippen molar-refractivity contribution in [1.29, 1.82) is 0 Å². The molecular formula is C14H15N3OS. The average Bonchev–Trinajstić information content (AvgIpc) is 2.94. The molecule has 0 unspecified atom stereocenters. The van der Waals surface area contributed by atoms with Crippen LogP contribution in [-0.4, -0.2) is 29.4 Å². The first-order chi connectivity index (χ1) is 9.28. The van der Waals surface area contributed by atoms with Crippen LogP contribution in [0.25, 0.3) is 0 Å². The second kappa shape index (κ2) is 5.01. The van der Waals surface area contributed by atoms with E-state index in [4.69, 9.17) is 0 Å². The smallest absolute Gasteiger partial charge is 0.272 e. The van der Waals surface area contributed by atoms with E-state index in [0.29, 0.717) is 12.2 Å². The van der Waals surface area contributed by atoms with Crippen molar-refractivity contribution in [2.24, 2.45) is 0 Å². The van der Waals surface area contributed by atoms with Gasteiger partial charge in [0.25, 0.3) is 5.91 Å². The summed E-state index contributed by atoms with van der Waals surface area (Å²) in [6.07, 6.45) is 0.949. The summed E-state index contributed by atoms with van der Waals surface area (Å²) in [7, 11) is 1.80. The van der Waals surface area contributed by atoms with Gasteiger partial charge in [0.1, 0.15) is 11.5 Å². The lowest BCUT2D eigenvalue weighted by atomic mass is 10.1. The van der Waals surface area contributed by atoms with E-state index in [0.717, 1.165) is 18.8 Å². The molecule has 98 valence electrons. The van der Waals surface area contributed by atoms with E-state index in [1.807, 2.05) is 17.0 Å². The van der Waals surface area contributed by atoms with Gasteiger partial charge in [0.05, 0.1) is 0 Å². The zero-order valence-corrected chi connectivity index (χ0v) is 11.5. The van der Waals surface area contributed by atoms with E-state index in [9.17, 15) is 4.79 Å². The first-order valence-electron chi connectivity index (χ1n) is 6.27. The van der Waals surface area contributed by atoms with Crippen LogP contribution in [0.1, 0.15) is 20.9 Å². The standard InChI is InChI=1S/C14H15N3OS/c1-15-13-4-2-3-11(16-13)14(18)17-7-5-12-10(9-17)6-8-19-12/h2-4,6,8H,5,7,9H2,1H3,(H,15,16). The monoisotopic (exact) mass is 273 g/mol. The minimum atomic E-state index is 0.00829. The summed E-state index contributed by atoms with van der Waals surface area (Å²) in [5.41, 5.74) is 1.78. The molecule has 19 heavy (non-hydrogen) atoms. The quantitative estimate of drug-likeness (QED) is 0.913. The van der Waals surface area contributed by atoms with Gasteiger partial charge < -0.3 is 10.2 Å². The third-order valence-corrected chi connectivity index (χ3v) is 4.34. The minimum Gasteiger partial charge on any atom is -0.373 e. The average molecular weight is 273 g/mol. The summed E-state index contributed by atoms with van der Waals surface area (Å²) in [5.74, 6) is 0.730. The molecule has 0 saturated heterocycles. The van der Waals surface area contributed by atoms with Crippen LogP contribution >= 0.6 is 11.3 Å². The fourth-order valence-electron chi connectivity index (χ4n) is 2.28. The number of carbonyl (C=O) groups excluding carboxylic acids is 1. The van der Waals surface area contributed by atoms with E-state index in [-0.39, 0.29) is 5.91 Å². The van der Waals surface area contributed by atoms with Crippen LogP contribution in [0.2, 0.25) is 0 Å². The number of fused-ring (bicyclic) bond motifs is 1. The largest absolute Gasteiger partial charge is 0.373 e. The van der Waals surface area contributed by atoms with Gasteiger partial charge in [-0.25, -0.2) is 4.98 Å². The van der Waals surface area contributed by atoms with Gasteiger partial charge in [-0.2, -0.15) is 0 Å². The van der Waals surface area contributed by atoms with Crippen molar-refractivity contribution in [3.8, 4) is 0 Å². The molecular weight excluding hydrogens is 258 g/mol. The number of pyridine rings is 1. The molecule has 0 aliphatic carbocycles. The zero-order chi connectivity index (χ0) is 13.2. The summed E-state index contributed by atoms with van der Waals surface area (Å²) in [6, 6.07) is 7.58. The van der Waals surface area contributed by atoms with Crippen LogP contribution < -0.4 is 5.32 Å². The van der Waals surface area contributed by atoms with Gasteiger partial charge in [-0.3, -0.25) is 4.79 Å². The lowest BCUT2D eigenvalue weighted by molar-refractivity contribution is 0.0730. The molecule has 0 fully saturated rings. The molecule has 4 nitrogen and oxygen atoms in total. The Morgan fingerprint density at radius 3 is 3.16 bits per heavy atom. The van der Waals surface area contributed by atoms with Crippen LogP contribution in [0.3, 0.4) is 0 Å². The number of hydrogen-bond donors (Lipinski definition) is 1. The third kappa shape index (κ3) is 2.33. The predicted molar refractivity (Wildman–Crippen MR) is 76.5 cm³/mol. The Kier molecular flexibility index (Phi) is 3.21. The van der Waals surface area contributed by atoms with Crippen LogP contribution in [0.15, 0.2) is 29.6 Å². The molecule has 0 saturated carbocycles. The van der Waals surface area contributed by atoms with Crippen molar-refractivity contribution in [3.05, 3.63) is 45.8 Å². The van der Waals surface area contributed by atoms with E-state index in [1.165, 1.54) is 10.4 Å². The Morgan fingerprint density at radius 1 is 1.42 bits per heavy atom. The summed E-state index contributed by atoms with van der Waals surface area (Å²) < 4.78 is 0. The molecule has 3 heterocycles. The van der Waals surface area contributed by atoms with Gasteiger partial charge in [0.15, 0.2) is 0 Å². The highest BCUT2D eigenvalue weighted by atomic mass is 32.1. The molecule has 0 atom stereocenters. The van der Waals surface area contributed by atoms with E-state index < -0.39 is 0 Å². The van der Waals surface area contributed by atoms with Crippen LogP contribution in [0.4, 0.5) is 5.82 Å². The van der Waals surface area contributed by atoms with Crippen LogP contribution in [0.5, 0.6) is 0 Å². The zero-order valence-electron chi connectivity index (χ0n) is 10.7. The highest BCUT2D eigenvalue weighted by molar-refractivity contribution is 7.10. The highest BCUT2D eigenvalue weighted by Crippen LogP contribution is 2.24. The number of hydrogen-bond acceptors (Lipinski definition) is 4. The Bertz CT molecular complexity index is 608. The van der Waals surface area contributed by atoms with Crippen molar-refractivity contribution in [2.75, 3.05) is 18.9 Å². The topological polar surface area (TPSA) is 45.2 Å². The Morgan fingerprint density at radius 2 is 2.32 bits per heavy atom. The van der Waals surface area contributed by atoms with E-state index in [1.54, 1.807) is 24.5 Å². The molecule has 1 N–H and O–H groups in total. The lowest BCUT2D eigenvalue weighted by Gasteiger charge is -2.26. The third-order valence-electron chi connectivity index (χ3n) is 3.32. The number of aromatic nitrogens is 1. The van der Waals surface area contributed by atoms with E-state index in [2.05, 4.69) is 21.7 Å². The van der Waals surface area contributed by atoms with Gasteiger partial charge in [-0.05, 0) is 35.6 Å². The highest BCUT2D eigenvalue weighted by Gasteiger charge is 2.23. The maximum absolute atomic E-state index is 12.4. The minimum absolute atomic E-state index is 0.00829. The molecule has 2 aromatic rings. The van der Waals surface area contributed by atoms with Gasteiger partial charge in [0.2, 0.25) is 0 Å². The molecule has 1 aliphatic heterocycles. The number of nitrogens with zero attached hydrogens (tertiary/aromatic N) is 2. The summed E-state index contributed by atoms with van der Waals surface area (Å²) in [5, 5.41) is 5.05. The predicted octanol–water partition coefficient (Wildman–Crippen LogP) is 2.38. The normalized spacial score (nSPS) is 14.1. The van der Waals surface area contributed by atoms with Gasteiger partial charge in [-0.15, -0.1) is 11.3 Å². The fourth-order valence-corrected chi connectivity index (χ4v) is 3.17. The number of anilines is 1. The van der Waals surface area contributed by atoms with Crippen LogP contribution in [0, 0.1) is 0 Å². The van der Waals surface area contributed by atoms with Crippen molar-refractivity contribution >= 4 is 23.1 Å². The second-order valence-corrected chi connectivity index (χ2v) is 5.50. The molecule has 0 bridgehead atoms. The number of thiophene rings is 1. The van der Waals surface area contributed by atoms with Gasteiger partial charge >= 0.3 is 0 Å². The Hall–Kier alpha value is -1.88.